The number of aromatic nitrogens is 2. The van der Waals surface area contributed by atoms with Gasteiger partial charge < -0.3 is 9.13 Å². The largest absolute Gasteiger partial charge is 0.416 e. The number of nitriles is 3. The Balaban J connectivity index is 1.21. The number of hydrogen-bond acceptors (Lipinski definition) is 3. The van der Waals surface area contributed by atoms with Crippen LogP contribution < -0.4 is 0 Å². The van der Waals surface area contributed by atoms with E-state index in [0.29, 0.717) is 78.4 Å². The molecule has 0 atom stereocenters. The van der Waals surface area contributed by atoms with Crippen LogP contribution in [0.1, 0.15) is 27.8 Å². The third-order valence-corrected chi connectivity index (χ3v) is 13.0. The molecule has 0 saturated heterocycles. The summed E-state index contributed by atoms with van der Waals surface area (Å²) >= 11 is 0. The Labute approximate surface area is 405 Å². The van der Waals surface area contributed by atoms with Gasteiger partial charge in [0.1, 0.15) is 0 Å². The lowest BCUT2D eigenvalue weighted by atomic mass is 9.91. The second-order valence-corrected chi connectivity index (χ2v) is 17.3. The van der Waals surface area contributed by atoms with E-state index in [4.69, 9.17) is 13.1 Å². The van der Waals surface area contributed by atoms with Gasteiger partial charge in [-0.1, -0.05) is 66.7 Å². The lowest BCUT2D eigenvalue weighted by Gasteiger charge is -2.21. The van der Waals surface area contributed by atoms with Gasteiger partial charge in [0.2, 0.25) is 0 Å². The molecule has 0 aliphatic rings. The molecule has 332 valence electrons. The maximum Gasteiger partial charge on any atom is 0.416 e. The van der Waals surface area contributed by atoms with Crippen LogP contribution in [0.2, 0.25) is 0 Å². The molecule has 0 aliphatic heterocycles. The zero-order valence-electron chi connectivity index (χ0n) is 37.5. The Kier molecular flexibility index (Phi) is 10.3. The number of benzene rings is 9. The van der Waals surface area contributed by atoms with Crippen molar-refractivity contribution in [2.24, 2.45) is 0 Å². The number of fused-ring (bicyclic) bond motifs is 6. The van der Waals surface area contributed by atoms with Gasteiger partial charge in [-0.25, -0.2) is 9.69 Å². The van der Waals surface area contributed by atoms with Crippen molar-refractivity contribution in [2.75, 3.05) is 0 Å². The molecule has 2 aromatic heterocycles. The van der Waals surface area contributed by atoms with Gasteiger partial charge in [0.05, 0.1) is 75.9 Å². The van der Waals surface area contributed by atoms with E-state index in [9.17, 15) is 29.0 Å². The van der Waals surface area contributed by atoms with E-state index in [2.05, 4.69) is 37.0 Å². The number of aryl methyl sites for hydroxylation is 1. The molecule has 9 aromatic carbocycles. The lowest BCUT2D eigenvalue weighted by molar-refractivity contribution is -0.137. The van der Waals surface area contributed by atoms with E-state index in [1.165, 1.54) is 0 Å². The Bertz CT molecular complexity index is 4240. The highest BCUT2D eigenvalue weighted by Crippen LogP contribution is 2.45. The Hall–Kier alpha value is -10.2. The summed E-state index contributed by atoms with van der Waals surface area (Å²) in [7, 11) is 0. The highest BCUT2D eigenvalue weighted by atomic mass is 19.4. The van der Waals surface area contributed by atoms with Gasteiger partial charge in [-0.05, 0) is 155 Å². The molecular weight excluding hydrogens is 888 g/mol. The Morgan fingerprint density at radius 2 is 0.958 bits per heavy atom. The monoisotopic (exact) mass is 919 g/mol. The van der Waals surface area contributed by atoms with Crippen molar-refractivity contribution < 1.29 is 13.2 Å². The van der Waals surface area contributed by atoms with Crippen molar-refractivity contribution in [3.05, 3.63) is 227 Å². The smallest absolute Gasteiger partial charge is 0.309 e. The van der Waals surface area contributed by atoms with Crippen LogP contribution in [0.25, 0.3) is 109 Å². The van der Waals surface area contributed by atoms with Crippen molar-refractivity contribution in [3.63, 3.8) is 0 Å². The number of hydrogen-bond donors (Lipinski definition) is 0. The molecule has 0 saturated carbocycles. The number of alkyl halides is 3. The van der Waals surface area contributed by atoms with Crippen LogP contribution in [0, 0.1) is 54.1 Å². The molecule has 71 heavy (non-hydrogen) atoms. The minimum atomic E-state index is -4.59. The van der Waals surface area contributed by atoms with E-state index in [-0.39, 0.29) is 0 Å². The molecule has 0 fully saturated rings. The van der Waals surface area contributed by atoms with Crippen molar-refractivity contribution in [1.82, 2.24) is 9.13 Å². The van der Waals surface area contributed by atoms with Gasteiger partial charge in [0.15, 0.2) is 11.4 Å². The van der Waals surface area contributed by atoms with E-state index in [0.717, 1.165) is 66.9 Å². The van der Waals surface area contributed by atoms with Gasteiger partial charge >= 0.3 is 6.18 Å². The van der Waals surface area contributed by atoms with Crippen molar-refractivity contribution in [2.45, 2.75) is 13.1 Å². The lowest BCUT2D eigenvalue weighted by Crippen LogP contribution is -2.06. The number of halogens is 3. The zero-order chi connectivity index (χ0) is 49.1. The molecule has 0 N–H and O–H groups in total. The summed E-state index contributed by atoms with van der Waals surface area (Å²) in [6.07, 6.45) is -4.59. The Morgan fingerprint density at radius 1 is 0.451 bits per heavy atom. The van der Waals surface area contributed by atoms with E-state index in [1.807, 2.05) is 115 Å². The van der Waals surface area contributed by atoms with Crippen molar-refractivity contribution in [1.29, 1.82) is 15.8 Å². The van der Waals surface area contributed by atoms with Gasteiger partial charge in [-0.15, -0.1) is 0 Å². The van der Waals surface area contributed by atoms with Crippen LogP contribution in [0.4, 0.5) is 24.5 Å². The first-order chi connectivity index (χ1) is 34.5. The topological polar surface area (TPSA) is 90.0 Å². The van der Waals surface area contributed by atoms with Gasteiger partial charge in [0, 0.05) is 43.8 Å². The fourth-order valence-corrected chi connectivity index (χ4v) is 9.96. The standard InChI is InChI=1S/C61H32F3N7/c1-36-21-43(27-46(22-36)61(62,63)64)41-17-20-58(70-54-12-6-4-10-49(54)51-30-39(15-18-56(51)70)44-23-37(33-65)25-47(28-44)68-2)53(32-41)60-42(35-67)9-8-14-59(60)71-55-13-7-5-11-50(55)52-31-40(16-19-57(52)71)45-24-38(34-66)26-48(29-45)69-3/h4-32H,1H3. The highest BCUT2D eigenvalue weighted by molar-refractivity contribution is 6.13. The molecule has 0 aliphatic carbocycles. The number of para-hydroxylation sites is 2. The molecule has 0 spiro atoms. The van der Waals surface area contributed by atoms with Gasteiger partial charge in [0.25, 0.3) is 0 Å². The second kappa shape index (κ2) is 16.9. The van der Waals surface area contributed by atoms with Crippen LogP contribution in [0.3, 0.4) is 0 Å². The summed E-state index contributed by atoms with van der Waals surface area (Å²) in [5.74, 6) is 0. The minimum Gasteiger partial charge on any atom is -0.309 e. The molecule has 11 aromatic rings. The third kappa shape index (κ3) is 7.36. The van der Waals surface area contributed by atoms with Crippen LogP contribution in [-0.4, -0.2) is 9.13 Å². The van der Waals surface area contributed by atoms with Gasteiger partial charge in [-0.3, -0.25) is 0 Å². The summed E-state index contributed by atoms with van der Waals surface area (Å²) in [6, 6.07) is 59.9. The summed E-state index contributed by atoms with van der Waals surface area (Å²) < 4.78 is 47.5. The van der Waals surface area contributed by atoms with Gasteiger partial charge in [-0.2, -0.15) is 29.0 Å². The maximum atomic E-state index is 14.4. The maximum absolute atomic E-state index is 14.4. The zero-order valence-corrected chi connectivity index (χ0v) is 37.5. The van der Waals surface area contributed by atoms with Crippen LogP contribution in [0.15, 0.2) is 176 Å². The Morgan fingerprint density at radius 3 is 1.49 bits per heavy atom. The number of rotatable bonds is 6. The van der Waals surface area contributed by atoms with Crippen LogP contribution >= 0.6 is 0 Å². The van der Waals surface area contributed by atoms with Crippen molar-refractivity contribution in [3.8, 4) is 74.1 Å². The molecule has 7 nitrogen and oxygen atoms in total. The van der Waals surface area contributed by atoms with Crippen LogP contribution in [-0.2, 0) is 6.18 Å². The second-order valence-electron chi connectivity index (χ2n) is 17.3. The first-order valence-electron chi connectivity index (χ1n) is 22.3. The highest BCUT2D eigenvalue weighted by Gasteiger charge is 2.31. The molecule has 0 bridgehead atoms. The average molecular weight is 920 g/mol. The molecule has 0 radical (unpaired) electrons. The summed E-state index contributed by atoms with van der Waals surface area (Å²) in [5.41, 5.74) is 11.1. The summed E-state index contributed by atoms with van der Waals surface area (Å²) in [5, 5.41) is 34.3. The quantitative estimate of drug-likeness (QED) is 0.156. The minimum absolute atomic E-state index is 0.333. The fourth-order valence-electron chi connectivity index (χ4n) is 9.96. The first kappa shape index (κ1) is 43.4. The molecule has 2 heterocycles. The molecule has 10 heteroatoms. The van der Waals surface area contributed by atoms with E-state index >= 15 is 0 Å². The summed E-state index contributed by atoms with van der Waals surface area (Å²) in [4.78, 5) is 7.21. The predicted octanol–water partition coefficient (Wildman–Crippen LogP) is 16.6. The van der Waals surface area contributed by atoms with E-state index < -0.39 is 11.7 Å². The first-order valence-corrected chi connectivity index (χ1v) is 22.3. The van der Waals surface area contributed by atoms with E-state index in [1.54, 1.807) is 55.5 Å². The fraction of sp³-hybridized carbons (Fsp3) is 0.0328. The summed E-state index contributed by atoms with van der Waals surface area (Å²) in [6.45, 7) is 17.0. The molecule has 11 rings (SSSR count). The number of nitrogens with zero attached hydrogens (tertiary/aromatic N) is 7. The average Bonchev–Trinajstić information content (AvgIpc) is 3.91. The molecule has 0 unspecified atom stereocenters. The molecular formula is C61H32F3N7. The molecule has 0 amide bonds. The SMILES string of the molecule is [C-]#[N+]c1cc(C#N)cc(-c2ccc3c(c2)c2ccccc2n3-c2ccc(-c3cc(C)cc(C(F)(F)F)c3)cc2-c2c(C#N)cccc2-n2c3ccccc3c3cc(-c4cc(C#N)cc([N+]#[C-])c4)ccc32)c1. The predicted molar refractivity (Wildman–Crippen MR) is 273 cm³/mol. The van der Waals surface area contributed by atoms with Crippen LogP contribution in [0.5, 0.6) is 0 Å². The third-order valence-electron chi connectivity index (χ3n) is 13.0. The normalized spacial score (nSPS) is 11.3. The van der Waals surface area contributed by atoms with Crippen molar-refractivity contribution >= 4 is 55.0 Å².